The van der Waals surface area contributed by atoms with Crippen molar-refractivity contribution in [2.45, 2.75) is 13.3 Å². The SMILES string of the molecule is Cc1cc(C(=O)NCCCN(C)C)n(C)c1. The van der Waals surface area contributed by atoms with Crippen molar-refractivity contribution >= 4 is 5.91 Å². The van der Waals surface area contributed by atoms with E-state index in [0.29, 0.717) is 0 Å². The Balaban J connectivity index is 2.38. The highest BCUT2D eigenvalue weighted by Crippen LogP contribution is 2.05. The molecule has 1 aromatic rings. The molecule has 0 atom stereocenters. The van der Waals surface area contributed by atoms with Crippen LogP contribution in [0.5, 0.6) is 0 Å². The van der Waals surface area contributed by atoms with Gasteiger partial charge in [0.2, 0.25) is 0 Å². The first-order valence-electron chi connectivity index (χ1n) is 5.56. The van der Waals surface area contributed by atoms with E-state index in [-0.39, 0.29) is 5.91 Å². The Labute approximate surface area is 97.2 Å². The zero-order valence-electron chi connectivity index (χ0n) is 10.6. The molecular formula is C12H21N3O. The summed E-state index contributed by atoms with van der Waals surface area (Å²) in [5.74, 6) is 0.00866. The van der Waals surface area contributed by atoms with Crippen LogP contribution in [0.4, 0.5) is 0 Å². The lowest BCUT2D eigenvalue weighted by Crippen LogP contribution is -2.28. The zero-order valence-corrected chi connectivity index (χ0v) is 10.6. The second-order valence-corrected chi connectivity index (χ2v) is 4.43. The second kappa shape index (κ2) is 5.70. The summed E-state index contributed by atoms with van der Waals surface area (Å²) in [6.45, 7) is 3.70. The number of aromatic nitrogens is 1. The van der Waals surface area contributed by atoms with E-state index in [1.165, 1.54) is 0 Å². The van der Waals surface area contributed by atoms with E-state index in [0.717, 1.165) is 30.8 Å². The molecule has 1 aromatic heterocycles. The van der Waals surface area contributed by atoms with Crippen molar-refractivity contribution in [1.29, 1.82) is 0 Å². The number of amides is 1. The molecule has 0 saturated heterocycles. The maximum absolute atomic E-state index is 11.8. The molecule has 1 N–H and O–H groups in total. The first kappa shape index (κ1) is 12.8. The number of hydrogen-bond donors (Lipinski definition) is 1. The first-order valence-corrected chi connectivity index (χ1v) is 5.56. The molecule has 0 aliphatic rings. The Hall–Kier alpha value is -1.29. The quantitative estimate of drug-likeness (QED) is 0.757. The summed E-state index contributed by atoms with van der Waals surface area (Å²) in [6, 6.07) is 1.90. The van der Waals surface area contributed by atoms with E-state index in [1.54, 1.807) is 0 Å². The van der Waals surface area contributed by atoms with Gasteiger partial charge in [-0.15, -0.1) is 0 Å². The van der Waals surface area contributed by atoms with Crippen LogP contribution in [0, 0.1) is 6.92 Å². The Bertz CT molecular complexity index is 355. The van der Waals surface area contributed by atoms with Gasteiger partial charge in [0.1, 0.15) is 5.69 Å². The Morgan fingerprint density at radius 3 is 2.69 bits per heavy atom. The van der Waals surface area contributed by atoms with E-state index in [1.807, 2.05) is 44.9 Å². The zero-order chi connectivity index (χ0) is 12.1. The van der Waals surface area contributed by atoms with Gasteiger partial charge in [-0.25, -0.2) is 0 Å². The maximum atomic E-state index is 11.8. The molecule has 0 fully saturated rings. The standard InChI is InChI=1S/C12H21N3O/c1-10-8-11(15(4)9-10)12(16)13-6-5-7-14(2)3/h8-9H,5-7H2,1-4H3,(H,13,16). The van der Waals surface area contributed by atoms with Gasteiger partial charge in [-0.05, 0) is 45.6 Å². The molecule has 1 rings (SSSR count). The largest absolute Gasteiger partial charge is 0.351 e. The predicted octanol–water partition coefficient (Wildman–Crippen LogP) is 1.02. The second-order valence-electron chi connectivity index (χ2n) is 4.43. The van der Waals surface area contributed by atoms with Crippen LogP contribution in [0.1, 0.15) is 22.5 Å². The van der Waals surface area contributed by atoms with E-state index < -0.39 is 0 Å². The van der Waals surface area contributed by atoms with E-state index >= 15 is 0 Å². The summed E-state index contributed by atoms with van der Waals surface area (Å²) < 4.78 is 1.86. The van der Waals surface area contributed by atoms with Crippen molar-refractivity contribution in [2.24, 2.45) is 7.05 Å². The molecule has 1 heterocycles. The summed E-state index contributed by atoms with van der Waals surface area (Å²) in [5, 5.41) is 2.92. The van der Waals surface area contributed by atoms with Gasteiger partial charge in [-0.1, -0.05) is 0 Å². The van der Waals surface area contributed by atoms with E-state index in [2.05, 4.69) is 10.2 Å². The van der Waals surface area contributed by atoms with Crippen molar-refractivity contribution in [2.75, 3.05) is 27.2 Å². The average Bonchev–Trinajstić information content (AvgIpc) is 2.52. The highest BCUT2D eigenvalue weighted by molar-refractivity contribution is 5.92. The number of hydrogen-bond acceptors (Lipinski definition) is 2. The molecule has 90 valence electrons. The van der Waals surface area contributed by atoms with Crippen molar-refractivity contribution in [1.82, 2.24) is 14.8 Å². The molecule has 0 bridgehead atoms. The number of carbonyl (C=O) groups is 1. The minimum Gasteiger partial charge on any atom is -0.351 e. The van der Waals surface area contributed by atoms with E-state index in [9.17, 15) is 4.79 Å². The van der Waals surface area contributed by atoms with Gasteiger partial charge in [0.15, 0.2) is 0 Å². The average molecular weight is 223 g/mol. The third-order valence-electron chi connectivity index (χ3n) is 2.44. The molecule has 0 radical (unpaired) electrons. The van der Waals surface area contributed by atoms with Gasteiger partial charge < -0.3 is 14.8 Å². The summed E-state index contributed by atoms with van der Waals surface area (Å²) in [4.78, 5) is 13.9. The molecule has 4 nitrogen and oxygen atoms in total. The first-order chi connectivity index (χ1) is 7.50. The van der Waals surface area contributed by atoms with Crippen LogP contribution in [-0.4, -0.2) is 42.6 Å². The van der Waals surface area contributed by atoms with Crippen LogP contribution in [0.3, 0.4) is 0 Å². The number of aryl methyl sites for hydroxylation is 2. The topological polar surface area (TPSA) is 37.3 Å². The summed E-state index contributed by atoms with van der Waals surface area (Å²) in [5.41, 5.74) is 1.84. The van der Waals surface area contributed by atoms with Gasteiger partial charge in [0.25, 0.3) is 5.91 Å². The molecule has 16 heavy (non-hydrogen) atoms. The Kier molecular flexibility index (Phi) is 4.55. The summed E-state index contributed by atoms with van der Waals surface area (Å²) in [7, 11) is 5.95. The van der Waals surface area contributed by atoms with Crippen molar-refractivity contribution in [3.63, 3.8) is 0 Å². The van der Waals surface area contributed by atoms with Crippen LogP contribution in [0.2, 0.25) is 0 Å². The van der Waals surface area contributed by atoms with Gasteiger partial charge >= 0.3 is 0 Å². The molecule has 0 aliphatic heterocycles. The number of nitrogens with one attached hydrogen (secondary N) is 1. The third-order valence-corrected chi connectivity index (χ3v) is 2.44. The van der Waals surface area contributed by atoms with Gasteiger partial charge in [0, 0.05) is 19.8 Å². The normalized spacial score (nSPS) is 10.8. The lowest BCUT2D eigenvalue weighted by atomic mass is 10.3. The molecule has 4 heteroatoms. The Morgan fingerprint density at radius 1 is 1.50 bits per heavy atom. The number of rotatable bonds is 5. The summed E-state index contributed by atoms with van der Waals surface area (Å²) >= 11 is 0. The molecule has 0 aliphatic carbocycles. The molecule has 0 unspecified atom stereocenters. The molecule has 0 saturated carbocycles. The Morgan fingerprint density at radius 2 is 2.19 bits per heavy atom. The van der Waals surface area contributed by atoms with Crippen LogP contribution >= 0.6 is 0 Å². The number of carbonyl (C=O) groups excluding carboxylic acids is 1. The summed E-state index contributed by atoms with van der Waals surface area (Å²) in [6.07, 6.45) is 2.93. The minimum atomic E-state index is 0.00866. The fraction of sp³-hybridized carbons (Fsp3) is 0.583. The molecule has 0 spiro atoms. The van der Waals surface area contributed by atoms with E-state index in [4.69, 9.17) is 0 Å². The third kappa shape index (κ3) is 3.70. The molecule has 1 amide bonds. The monoisotopic (exact) mass is 223 g/mol. The van der Waals surface area contributed by atoms with Crippen LogP contribution in [-0.2, 0) is 7.05 Å². The van der Waals surface area contributed by atoms with Gasteiger partial charge in [0.05, 0.1) is 0 Å². The predicted molar refractivity (Wildman–Crippen MR) is 65.7 cm³/mol. The lowest BCUT2D eigenvalue weighted by Gasteiger charge is -2.10. The number of nitrogens with zero attached hydrogens (tertiary/aromatic N) is 2. The smallest absolute Gasteiger partial charge is 0.267 e. The molecular weight excluding hydrogens is 202 g/mol. The maximum Gasteiger partial charge on any atom is 0.267 e. The van der Waals surface area contributed by atoms with Crippen LogP contribution in [0.25, 0.3) is 0 Å². The highest BCUT2D eigenvalue weighted by atomic mass is 16.1. The van der Waals surface area contributed by atoms with Crippen molar-refractivity contribution in [3.05, 3.63) is 23.5 Å². The van der Waals surface area contributed by atoms with Gasteiger partial charge in [-0.3, -0.25) is 4.79 Å². The van der Waals surface area contributed by atoms with Crippen molar-refractivity contribution < 1.29 is 4.79 Å². The minimum absolute atomic E-state index is 0.00866. The molecule has 0 aromatic carbocycles. The van der Waals surface area contributed by atoms with Crippen LogP contribution < -0.4 is 5.32 Å². The van der Waals surface area contributed by atoms with Crippen molar-refractivity contribution in [3.8, 4) is 0 Å². The highest BCUT2D eigenvalue weighted by Gasteiger charge is 2.09. The fourth-order valence-corrected chi connectivity index (χ4v) is 1.64. The van der Waals surface area contributed by atoms with Crippen LogP contribution in [0.15, 0.2) is 12.3 Å². The van der Waals surface area contributed by atoms with Gasteiger partial charge in [-0.2, -0.15) is 0 Å². The lowest BCUT2D eigenvalue weighted by molar-refractivity contribution is 0.0944. The fourth-order valence-electron chi connectivity index (χ4n) is 1.64.